The first-order valence-corrected chi connectivity index (χ1v) is 12.3. The van der Waals surface area contributed by atoms with Gasteiger partial charge < -0.3 is 5.32 Å². The molecule has 0 spiro atoms. The van der Waals surface area contributed by atoms with Gasteiger partial charge in [-0.3, -0.25) is 4.79 Å². The van der Waals surface area contributed by atoms with E-state index in [1.165, 1.54) is 27.0 Å². The number of nitrogens with zero attached hydrogens (tertiary/aromatic N) is 2. The lowest BCUT2D eigenvalue weighted by molar-refractivity contribution is -0.117. The molecule has 1 fully saturated rings. The Balaban J connectivity index is 1.49. The van der Waals surface area contributed by atoms with Crippen molar-refractivity contribution in [2.45, 2.75) is 42.9 Å². The van der Waals surface area contributed by atoms with Crippen molar-refractivity contribution in [2.24, 2.45) is 0 Å². The molecule has 3 heterocycles. The van der Waals surface area contributed by atoms with Crippen molar-refractivity contribution in [3.8, 4) is 0 Å². The van der Waals surface area contributed by atoms with E-state index in [0.717, 1.165) is 28.6 Å². The average molecular weight is 436 g/mol. The van der Waals surface area contributed by atoms with Crippen LogP contribution < -0.4 is 5.32 Å². The number of rotatable bonds is 5. The molecule has 1 aliphatic rings. The summed E-state index contributed by atoms with van der Waals surface area (Å²) in [5.41, 5.74) is 1.96. The van der Waals surface area contributed by atoms with Crippen LogP contribution in [0.2, 0.25) is 0 Å². The number of nitrogens with one attached hydrogen (secondary N) is 1. The summed E-state index contributed by atoms with van der Waals surface area (Å²) >= 11 is 2.65. The molecular formula is C19H21N3O3S3. The molecular weight excluding hydrogens is 414 g/mol. The molecule has 0 saturated carbocycles. The van der Waals surface area contributed by atoms with Crippen molar-refractivity contribution < 1.29 is 13.2 Å². The van der Waals surface area contributed by atoms with Crippen LogP contribution in [0.4, 0.5) is 5.13 Å². The van der Waals surface area contributed by atoms with Gasteiger partial charge in [0, 0.05) is 19.0 Å². The van der Waals surface area contributed by atoms with Crippen molar-refractivity contribution in [1.82, 2.24) is 9.29 Å². The number of benzene rings is 1. The number of para-hydroxylation sites is 1. The molecule has 9 heteroatoms. The molecule has 1 atom stereocenters. The zero-order valence-corrected chi connectivity index (χ0v) is 17.9. The smallest absolute Gasteiger partial charge is 0.252 e. The summed E-state index contributed by atoms with van der Waals surface area (Å²) in [6, 6.07) is 8.97. The molecule has 148 valence electrons. The monoisotopic (exact) mass is 435 g/mol. The van der Waals surface area contributed by atoms with Crippen LogP contribution in [-0.2, 0) is 14.8 Å². The predicted molar refractivity (Wildman–Crippen MR) is 113 cm³/mol. The van der Waals surface area contributed by atoms with Gasteiger partial charge in [-0.1, -0.05) is 36.0 Å². The normalized spacial score (nSPS) is 18.4. The molecule has 1 aliphatic heterocycles. The van der Waals surface area contributed by atoms with E-state index in [2.05, 4.69) is 10.3 Å². The molecule has 1 amide bonds. The number of carbonyl (C=O) groups is 1. The summed E-state index contributed by atoms with van der Waals surface area (Å²) in [5.74, 6) is -0.199. The van der Waals surface area contributed by atoms with Gasteiger partial charge in [0.2, 0.25) is 5.91 Å². The van der Waals surface area contributed by atoms with Gasteiger partial charge >= 0.3 is 0 Å². The summed E-state index contributed by atoms with van der Waals surface area (Å²) in [4.78, 5) is 17.1. The Morgan fingerprint density at radius 3 is 2.89 bits per heavy atom. The molecule has 1 N–H and O–H groups in total. The second-order valence-corrected chi connectivity index (χ2v) is 11.0. The van der Waals surface area contributed by atoms with Gasteiger partial charge in [-0.25, -0.2) is 13.4 Å². The van der Waals surface area contributed by atoms with Crippen LogP contribution in [0.3, 0.4) is 0 Å². The Morgan fingerprint density at radius 1 is 1.29 bits per heavy atom. The number of carbonyl (C=O) groups excluding carboxylic acids is 1. The Hall–Kier alpha value is -1.81. The zero-order valence-electron chi connectivity index (χ0n) is 15.4. The predicted octanol–water partition coefficient (Wildman–Crippen LogP) is 4.24. The summed E-state index contributed by atoms with van der Waals surface area (Å²) in [6.45, 7) is 2.45. The first-order valence-electron chi connectivity index (χ1n) is 9.16. The second-order valence-electron chi connectivity index (χ2n) is 6.89. The van der Waals surface area contributed by atoms with E-state index in [9.17, 15) is 13.2 Å². The number of amides is 1. The van der Waals surface area contributed by atoms with Gasteiger partial charge in [0.25, 0.3) is 10.0 Å². The Labute approximate surface area is 172 Å². The molecule has 28 heavy (non-hydrogen) atoms. The van der Waals surface area contributed by atoms with Crippen LogP contribution in [0.5, 0.6) is 0 Å². The van der Waals surface area contributed by atoms with Crippen LogP contribution in [0.1, 0.15) is 31.2 Å². The molecule has 2 aromatic heterocycles. The number of aromatic nitrogens is 1. The highest BCUT2D eigenvalue weighted by Crippen LogP contribution is 2.31. The van der Waals surface area contributed by atoms with Crippen molar-refractivity contribution >= 4 is 54.0 Å². The standard InChI is InChI=1S/C19H21N3O3S3/c1-13-6-4-8-15-18(13)21-19(27-15)20-16(23)12-14-7-2-3-10-22(14)28(24,25)17-9-5-11-26-17/h4-6,8-9,11,14H,2-3,7,10,12H2,1H3,(H,20,21,23)/t14-/m1/s1. The van der Waals surface area contributed by atoms with E-state index in [4.69, 9.17) is 0 Å². The molecule has 4 rings (SSSR count). The largest absolute Gasteiger partial charge is 0.302 e. The summed E-state index contributed by atoms with van der Waals surface area (Å²) < 4.78 is 28.8. The van der Waals surface area contributed by atoms with Crippen LogP contribution in [0, 0.1) is 6.92 Å². The molecule has 0 unspecified atom stereocenters. The highest BCUT2D eigenvalue weighted by Gasteiger charge is 2.35. The fraction of sp³-hybridized carbons (Fsp3) is 0.368. The van der Waals surface area contributed by atoms with E-state index in [1.54, 1.807) is 17.5 Å². The number of aryl methyl sites for hydroxylation is 1. The summed E-state index contributed by atoms with van der Waals surface area (Å²) in [6.07, 6.45) is 2.57. The number of thiazole rings is 1. The molecule has 3 aromatic rings. The minimum atomic E-state index is -3.55. The van der Waals surface area contributed by atoms with Crippen molar-refractivity contribution in [1.29, 1.82) is 0 Å². The molecule has 0 bridgehead atoms. The minimum Gasteiger partial charge on any atom is -0.302 e. The summed E-state index contributed by atoms with van der Waals surface area (Å²) in [5, 5.41) is 5.17. The average Bonchev–Trinajstić information content (AvgIpc) is 3.32. The number of anilines is 1. The summed E-state index contributed by atoms with van der Waals surface area (Å²) in [7, 11) is -3.55. The van der Waals surface area contributed by atoms with E-state index < -0.39 is 10.0 Å². The van der Waals surface area contributed by atoms with Crippen molar-refractivity contribution in [2.75, 3.05) is 11.9 Å². The van der Waals surface area contributed by atoms with Crippen molar-refractivity contribution in [3.63, 3.8) is 0 Å². The Kier molecular flexibility index (Phi) is 5.50. The van der Waals surface area contributed by atoms with Gasteiger partial charge in [0.15, 0.2) is 5.13 Å². The van der Waals surface area contributed by atoms with Gasteiger partial charge in [-0.2, -0.15) is 4.31 Å². The van der Waals surface area contributed by atoms with Gasteiger partial charge in [0.1, 0.15) is 4.21 Å². The molecule has 0 radical (unpaired) electrons. The Morgan fingerprint density at radius 2 is 2.14 bits per heavy atom. The van der Waals surface area contributed by atoms with Crippen LogP contribution >= 0.6 is 22.7 Å². The highest BCUT2D eigenvalue weighted by molar-refractivity contribution is 7.91. The zero-order chi connectivity index (χ0) is 19.7. The van der Waals surface area contributed by atoms with E-state index >= 15 is 0 Å². The number of sulfonamides is 1. The van der Waals surface area contributed by atoms with Gasteiger partial charge in [-0.15, -0.1) is 11.3 Å². The molecule has 6 nitrogen and oxygen atoms in total. The molecule has 1 saturated heterocycles. The number of hydrogen-bond donors (Lipinski definition) is 1. The molecule has 0 aliphatic carbocycles. The fourth-order valence-electron chi connectivity index (χ4n) is 3.54. The van der Waals surface area contributed by atoms with Crippen molar-refractivity contribution in [3.05, 3.63) is 41.3 Å². The third-order valence-electron chi connectivity index (χ3n) is 4.92. The number of thiophene rings is 1. The van der Waals surface area contributed by atoms with E-state index in [-0.39, 0.29) is 18.4 Å². The minimum absolute atomic E-state index is 0.138. The molecule has 1 aromatic carbocycles. The maximum Gasteiger partial charge on any atom is 0.252 e. The van der Waals surface area contributed by atoms with Crippen LogP contribution in [-0.4, -0.2) is 36.2 Å². The van der Waals surface area contributed by atoms with E-state index in [1.807, 2.05) is 25.1 Å². The first-order chi connectivity index (χ1) is 13.4. The van der Waals surface area contributed by atoms with Crippen LogP contribution in [0.15, 0.2) is 39.9 Å². The quantitative estimate of drug-likeness (QED) is 0.650. The van der Waals surface area contributed by atoms with Crippen LogP contribution in [0.25, 0.3) is 10.2 Å². The SMILES string of the molecule is Cc1cccc2sc(NC(=O)C[C@H]3CCCCN3S(=O)(=O)c3cccs3)nc12. The number of hydrogen-bond acceptors (Lipinski definition) is 6. The lowest BCUT2D eigenvalue weighted by Gasteiger charge is -2.33. The third-order valence-corrected chi connectivity index (χ3v) is 9.18. The lowest BCUT2D eigenvalue weighted by Crippen LogP contribution is -2.45. The Bertz CT molecular complexity index is 1090. The lowest BCUT2D eigenvalue weighted by atomic mass is 10.0. The number of fused-ring (bicyclic) bond motifs is 1. The van der Waals surface area contributed by atoms with Gasteiger partial charge in [0.05, 0.1) is 10.2 Å². The fourth-order valence-corrected chi connectivity index (χ4v) is 7.32. The highest BCUT2D eigenvalue weighted by atomic mass is 32.2. The van der Waals surface area contributed by atoms with E-state index in [0.29, 0.717) is 22.3 Å². The maximum absolute atomic E-state index is 12.9. The maximum atomic E-state index is 12.9. The topological polar surface area (TPSA) is 79.4 Å². The van der Waals surface area contributed by atoms with Gasteiger partial charge in [-0.05, 0) is 42.8 Å². The number of piperidine rings is 1. The second kappa shape index (κ2) is 7.90. The third kappa shape index (κ3) is 3.84. The first kappa shape index (κ1) is 19.5.